The van der Waals surface area contributed by atoms with Crippen molar-refractivity contribution in [3.05, 3.63) is 23.7 Å². The van der Waals surface area contributed by atoms with Gasteiger partial charge in [0, 0.05) is 0 Å². The zero-order valence-corrected chi connectivity index (χ0v) is 10.9. The number of aromatic nitrogens is 4. The van der Waals surface area contributed by atoms with Crippen LogP contribution >= 0.6 is 0 Å². The molecule has 6 nitrogen and oxygen atoms in total. The largest absolute Gasteiger partial charge is 0.366 e. The molecule has 1 atom stereocenters. The molecule has 0 amide bonds. The molecule has 18 heavy (non-hydrogen) atoms. The van der Waals surface area contributed by atoms with Crippen LogP contribution in [0, 0.1) is 6.92 Å². The molecular weight excluding hydrogens is 232 g/mol. The smallest absolute Gasteiger partial charge is 0.255 e. The number of nitrogens with zero attached hydrogens (tertiary/aromatic N) is 4. The Bertz CT molecular complexity index is 507. The van der Waals surface area contributed by atoms with Gasteiger partial charge in [0.1, 0.15) is 11.8 Å². The molecule has 96 valence electrons. The molecule has 2 aromatic heterocycles. The van der Waals surface area contributed by atoms with Crippen LogP contribution in [-0.2, 0) is 4.74 Å². The molecule has 0 fully saturated rings. The van der Waals surface area contributed by atoms with Gasteiger partial charge in [0.05, 0.1) is 11.8 Å². The number of rotatable bonds is 4. The Morgan fingerprint density at radius 2 is 1.94 bits per heavy atom. The molecule has 6 heteroatoms. The Balaban J connectivity index is 2.17. The summed E-state index contributed by atoms with van der Waals surface area (Å²) in [5.74, 6) is 0.873. The maximum Gasteiger partial charge on any atom is 0.255 e. The van der Waals surface area contributed by atoms with Gasteiger partial charge in [-0.25, -0.2) is 0 Å². The lowest BCUT2D eigenvalue weighted by Crippen LogP contribution is -2.07. The first-order valence-corrected chi connectivity index (χ1v) is 5.86. The highest BCUT2D eigenvalue weighted by Crippen LogP contribution is 2.19. The summed E-state index contributed by atoms with van der Waals surface area (Å²) in [5, 5.41) is 11.8. The van der Waals surface area contributed by atoms with Gasteiger partial charge < -0.3 is 9.26 Å². The van der Waals surface area contributed by atoms with E-state index in [4.69, 9.17) is 9.26 Å². The van der Waals surface area contributed by atoms with Crippen LogP contribution in [0.25, 0.3) is 11.5 Å². The highest BCUT2D eigenvalue weighted by molar-refractivity contribution is 5.46. The van der Waals surface area contributed by atoms with Crippen LogP contribution < -0.4 is 0 Å². The van der Waals surface area contributed by atoms with Gasteiger partial charge in [-0.05, 0) is 39.8 Å². The Morgan fingerprint density at radius 1 is 1.17 bits per heavy atom. The summed E-state index contributed by atoms with van der Waals surface area (Å²) in [6.45, 7) is 7.66. The molecule has 0 aliphatic carbocycles. The van der Waals surface area contributed by atoms with E-state index < -0.39 is 0 Å². The molecule has 0 aliphatic rings. The molecule has 0 saturated heterocycles. The van der Waals surface area contributed by atoms with E-state index in [1.165, 1.54) is 0 Å². The molecular formula is C12H16N4O2. The van der Waals surface area contributed by atoms with Gasteiger partial charge in [-0.2, -0.15) is 10.1 Å². The molecule has 0 bridgehead atoms. The van der Waals surface area contributed by atoms with Crippen molar-refractivity contribution < 1.29 is 9.26 Å². The second-order valence-corrected chi connectivity index (χ2v) is 4.34. The maximum absolute atomic E-state index is 5.57. The Kier molecular flexibility index (Phi) is 3.66. The van der Waals surface area contributed by atoms with E-state index in [0.717, 1.165) is 5.69 Å². The quantitative estimate of drug-likeness (QED) is 0.826. The second-order valence-electron chi connectivity index (χ2n) is 4.34. The van der Waals surface area contributed by atoms with Crippen LogP contribution in [0.1, 0.15) is 38.5 Å². The lowest BCUT2D eigenvalue weighted by atomic mass is 10.3. The number of aryl methyl sites for hydroxylation is 1. The summed E-state index contributed by atoms with van der Waals surface area (Å²) in [6.07, 6.45) is -0.126. The molecule has 0 N–H and O–H groups in total. The number of ether oxygens (including phenoxy) is 1. The summed E-state index contributed by atoms with van der Waals surface area (Å²) >= 11 is 0. The van der Waals surface area contributed by atoms with E-state index in [2.05, 4.69) is 20.3 Å². The topological polar surface area (TPSA) is 73.9 Å². The fourth-order valence-electron chi connectivity index (χ4n) is 1.49. The van der Waals surface area contributed by atoms with Crippen LogP contribution in [-0.4, -0.2) is 26.4 Å². The second kappa shape index (κ2) is 5.22. The van der Waals surface area contributed by atoms with Crippen molar-refractivity contribution in [3.63, 3.8) is 0 Å². The van der Waals surface area contributed by atoms with Crippen LogP contribution in [0.3, 0.4) is 0 Å². The molecule has 0 unspecified atom stereocenters. The maximum atomic E-state index is 5.57. The third kappa shape index (κ3) is 2.89. The van der Waals surface area contributed by atoms with Crippen molar-refractivity contribution >= 4 is 0 Å². The average Bonchev–Trinajstić information content (AvgIpc) is 2.78. The van der Waals surface area contributed by atoms with E-state index in [1.54, 1.807) is 0 Å². The monoisotopic (exact) mass is 248 g/mol. The molecule has 0 spiro atoms. The minimum atomic E-state index is -0.232. The van der Waals surface area contributed by atoms with Gasteiger partial charge >= 0.3 is 0 Å². The van der Waals surface area contributed by atoms with Gasteiger partial charge in [0.2, 0.25) is 5.82 Å². The zero-order valence-electron chi connectivity index (χ0n) is 10.9. The molecule has 0 radical (unpaired) electrons. The number of hydrogen-bond donors (Lipinski definition) is 0. The van der Waals surface area contributed by atoms with Crippen molar-refractivity contribution in [1.82, 2.24) is 20.3 Å². The van der Waals surface area contributed by atoms with Crippen molar-refractivity contribution in [3.8, 4) is 11.5 Å². The van der Waals surface area contributed by atoms with E-state index >= 15 is 0 Å². The standard InChI is InChI=1S/C12H16N4O2/c1-7(2)17-9(4)12-13-11(16-18-12)10-6-5-8(3)14-15-10/h5-7,9H,1-4H3/t9-/m1/s1. The number of hydrogen-bond acceptors (Lipinski definition) is 6. The average molecular weight is 248 g/mol. The van der Waals surface area contributed by atoms with Gasteiger partial charge in [0.15, 0.2) is 0 Å². The molecule has 2 aromatic rings. The molecule has 0 saturated carbocycles. The van der Waals surface area contributed by atoms with Crippen LogP contribution in [0.4, 0.5) is 0 Å². The highest BCUT2D eigenvalue weighted by atomic mass is 16.5. The lowest BCUT2D eigenvalue weighted by molar-refractivity contribution is -0.0000499. The third-order valence-corrected chi connectivity index (χ3v) is 2.29. The Labute approximate surface area is 105 Å². The summed E-state index contributed by atoms with van der Waals surface area (Å²) in [6, 6.07) is 3.66. The Morgan fingerprint density at radius 3 is 2.56 bits per heavy atom. The van der Waals surface area contributed by atoms with Crippen LogP contribution in [0.15, 0.2) is 16.7 Å². The highest BCUT2D eigenvalue weighted by Gasteiger charge is 2.17. The van der Waals surface area contributed by atoms with E-state index in [-0.39, 0.29) is 12.2 Å². The Hall–Kier alpha value is -1.82. The van der Waals surface area contributed by atoms with Crippen molar-refractivity contribution in [1.29, 1.82) is 0 Å². The first-order chi connectivity index (χ1) is 8.56. The SMILES string of the molecule is Cc1ccc(-c2noc([C@@H](C)OC(C)C)n2)nn1. The van der Waals surface area contributed by atoms with Gasteiger partial charge in [0.25, 0.3) is 5.89 Å². The minimum Gasteiger partial charge on any atom is -0.366 e. The van der Waals surface area contributed by atoms with Gasteiger partial charge in [-0.3, -0.25) is 0 Å². The first kappa shape index (κ1) is 12.6. The van der Waals surface area contributed by atoms with E-state index in [0.29, 0.717) is 17.4 Å². The molecule has 0 aliphatic heterocycles. The van der Waals surface area contributed by atoms with E-state index in [1.807, 2.05) is 39.8 Å². The lowest BCUT2D eigenvalue weighted by Gasteiger charge is -2.11. The summed E-state index contributed by atoms with van der Waals surface area (Å²) in [5.41, 5.74) is 1.44. The predicted molar refractivity (Wildman–Crippen MR) is 64.7 cm³/mol. The van der Waals surface area contributed by atoms with Crippen molar-refractivity contribution in [2.24, 2.45) is 0 Å². The zero-order chi connectivity index (χ0) is 13.1. The van der Waals surface area contributed by atoms with Crippen molar-refractivity contribution in [2.45, 2.75) is 39.9 Å². The normalized spacial score (nSPS) is 12.9. The van der Waals surface area contributed by atoms with Gasteiger partial charge in [-0.15, -0.1) is 5.10 Å². The summed E-state index contributed by atoms with van der Waals surface area (Å²) < 4.78 is 10.7. The minimum absolute atomic E-state index is 0.106. The molecule has 2 rings (SSSR count). The summed E-state index contributed by atoms with van der Waals surface area (Å²) in [4.78, 5) is 4.26. The summed E-state index contributed by atoms with van der Waals surface area (Å²) in [7, 11) is 0. The van der Waals surface area contributed by atoms with Crippen LogP contribution in [0.5, 0.6) is 0 Å². The fraction of sp³-hybridized carbons (Fsp3) is 0.500. The van der Waals surface area contributed by atoms with Crippen molar-refractivity contribution in [2.75, 3.05) is 0 Å². The fourth-order valence-corrected chi connectivity index (χ4v) is 1.49. The van der Waals surface area contributed by atoms with E-state index in [9.17, 15) is 0 Å². The molecule has 0 aromatic carbocycles. The van der Waals surface area contributed by atoms with Crippen LogP contribution in [0.2, 0.25) is 0 Å². The first-order valence-electron chi connectivity index (χ1n) is 5.86. The molecule has 2 heterocycles. The predicted octanol–water partition coefficient (Wildman–Crippen LogP) is 2.32. The van der Waals surface area contributed by atoms with Gasteiger partial charge in [-0.1, -0.05) is 5.16 Å². The third-order valence-electron chi connectivity index (χ3n) is 2.29.